The van der Waals surface area contributed by atoms with E-state index < -0.39 is 32.1 Å². The Balaban J connectivity index is 0.000000241. The van der Waals surface area contributed by atoms with E-state index in [0.717, 1.165) is 81.0 Å². The number of aryl methyl sites for hydroxylation is 1. The third-order valence-corrected chi connectivity index (χ3v) is 13.5. The lowest BCUT2D eigenvalue weighted by Gasteiger charge is -2.22. The second kappa shape index (κ2) is 23.8. The molecule has 344 valence electrons. The van der Waals surface area contributed by atoms with Crippen LogP contribution in [0.15, 0.2) is 88.9 Å². The highest BCUT2D eigenvalue weighted by molar-refractivity contribution is 7.90. The Hall–Kier alpha value is -5.79. The summed E-state index contributed by atoms with van der Waals surface area (Å²) in [5.41, 5.74) is 2.99. The molecule has 0 saturated heterocycles. The lowest BCUT2D eigenvalue weighted by atomic mass is 9.96. The number of sulfonamides is 2. The molecule has 0 aliphatic heterocycles. The van der Waals surface area contributed by atoms with Gasteiger partial charge in [0.15, 0.2) is 0 Å². The number of nitrogens with zero attached hydrogens (tertiary/aromatic N) is 2. The Morgan fingerprint density at radius 2 is 1.11 bits per heavy atom. The van der Waals surface area contributed by atoms with Crippen LogP contribution in [0.1, 0.15) is 102 Å². The van der Waals surface area contributed by atoms with Gasteiger partial charge in [-0.15, -0.1) is 0 Å². The van der Waals surface area contributed by atoms with E-state index in [2.05, 4.69) is 40.7 Å². The predicted octanol–water partition coefficient (Wildman–Crippen LogP) is 5.72. The van der Waals surface area contributed by atoms with Gasteiger partial charge in [-0.05, 0) is 99.0 Å². The van der Waals surface area contributed by atoms with Gasteiger partial charge in [-0.1, -0.05) is 74.4 Å². The van der Waals surface area contributed by atoms with Crippen LogP contribution in [0.4, 0.5) is 9.59 Å². The van der Waals surface area contributed by atoms with Crippen molar-refractivity contribution in [3.63, 3.8) is 0 Å². The van der Waals surface area contributed by atoms with Crippen LogP contribution >= 0.6 is 11.6 Å². The minimum absolute atomic E-state index is 0.00209. The van der Waals surface area contributed by atoms with E-state index in [-0.39, 0.29) is 39.4 Å². The molecule has 0 bridgehead atoms. The van der Waals surface area contributed by atoms with Crippen molar-refractivity contribution in [1.82, 2.24) is 40.7 Å². The van der Waals surface area contributed by atoms with Crippen molar-refractivity contribution in [3.8, 4) is 5.75 Å². The average Bonchev–Trinajstić information content (AvgIpc) is 3.27. The van der Waals surface area contributed by atoms with Crippen LogP contribution in [0.5, 0.6) is 5.75 Å². The van der Waals surface area contributed by atoms with Crippen LogP contribution in [-0.4, -0.2) is 83.0 Å². The first-order valence-electron chi connectivity index (χ1n) is 21.1. The summed E-state index contributed by atoms with van der Waals surface area (Å²) in [6, 6.07) is 15.8. The summed E-state index contributed by atoms with van der Waals surface area (Å²) in [6.45, 7) is 2.49. The molecule has 6 rings (SSSR count). The number of carbonyl (C=O) groups excluding carboxylic acids is 4. The van der Waals surface area contributed by atoms with Crippen molar-refractivity contribution < 1.29 is 40.8 Å². The number of halogens is 1. The number of hydrogen-bond donors (Lipinski definition) is 6. The zero-order chi connectivity index (χ0) is 46.1. The van der Waals surface area contributed by atoms with Crippen molar-refractivity contribution >= 4 is 55.5 Å². The molecule has 2 aliphatic rings. The highest BCUT2D eigenvalue weighted by atomic mass is 35.5. The summed E-state index contributed by atoms with van der Waals surface area (Å²) in [5, 5.41) is 11.4. The van der Waals surface area contributed by atoms with E-state index >= 15 is 0 Å². The van der Waals surface area contributed by atoms with Gasteiger partial charge in [0.2, 0.25) is 0 Å². The Bertz CT molecular complexity index is 2430. The van der Waals surface area contributed by atoms with Crippen LogP contribution in [0.25, 0.3) is 0 Å². The zero-order valence-electron chi connectivity index (χ0n) is 35.8. The fourth-order valence-corrected chi connectivity index (χ4v) is 9.15. The predicted molar refractivity (Wildman–Crippen MR) is 241 cm³/mol. The number of hydrogen-bond acceptors (Lipinski definition) is 11. The molecule has 6 amide bonds. The van der Waals surface area contributed by atoms with Crippen molar-refractivity contribution in [2.45, 2.75) is 106 Å². The first kappa shape index (κ1) is 49.2. The fraction of sp³-hybridized carbons (Fsp3) is 0.409. The van der Waals surface area contributed by atoms with Crippen LogP contribution < -0.4 is 35.4 Å². The minimum atomic E-state index is -3.97. The summed E-state index contributed by atoms with van der Waals surface area (Å²) < 4.78 is 59.2. The molecule has 2 fully saturated rings. The maximum atomic E-state index is 12.5. The highest BCUT2D eigenvalue weighted by Crippen LogP contribution is 2.23. The summed E-state index contributed by atoms with van der Waals surface area (Å²) in [6.07, 6.45) is 13.9. The molecule has 20 heteroatoms. The molecule has 1 heterocycles. The SMILES string of the molecule is COc1ccc(Cl)cc1C(=O)NCCc1ccc(S(=O)(=O)NC(=O)NC2CCCCC2)cc1.Cc1cnc(C(=O)NCCc2ccc(S(=O)(=O)NC(=O)NC3CCCCC3)cc2)cn1. The van der Waals surface area contributed by atoms with Crippen molar-refractivity contribution in [2.75, 3.05) is 20.2 Å². The Morgan fingerprint density at radius 1 is 0.641 bits per heavy atom. The fourth-order valence-electron chi connectivity index (χ4n) is 7.15. The van der Waals surface area contributed by atoms with Gasteiger partial charge in [0.05, 0.1) is 34.4 Å². The molecular weight excluding hydrogens is 884 g/mol. The topological polar surface area (TPSA) is 244 Å². The molecule has 0 atom stereocenters. The lowest BCUT2D eigenvalue weighted by Crippen LogP contribution is -2.45. The Labute approximate surface area is 379 Å². The molecule has 3 aromatic carbocycles. The number of amides is 6. The first-order chi connectivity index (χ1) is 30.6. The van der Waals surface area contributed by atoms with Gasteiger partial charge in [-0.2, -0.15) is 0 Å². The number of methoxy groups -OCH3 is 1. The van der Waals surface area contributed by atoms with E-state index in [1.54, 1.807) is 43.3 Å². The third kappa shape index (κ3) is 15.5. The Morgan fingerprint density at radius 3 is 1.55 bits per heavy atom. The van der Waals surface area contributed by atoms with Crippen LogP contribution in [0.2, 0.25) is 5.02 Å². The normalized spacial score (nSPS) is 14.5. The van der Waals surface area contributed by atoms with Gasteiger partial charge in [0.1, 0.15) is 11.4 Å². The van der Waals surface area contributed by atoms with Gasteiger partial charge >= 0.3 is 12.1 Å². The van der Waals surface area contributed by atoms with Crippen molar-refractivity contribution in [2.24, 2.45) is 0 Å². The van der Waals surface area contributed by atoms with E-state index in [4.69, 9.17) is 16.3 Å². The molecule has 4 aromatic rings. The zero-order valence-corrected chi connectivity index (χ0v) is 38.2. The number of benzene rings is 3. The quantitative estimate of drug-likeness (QED) is 0.0842. The van der Waals surface area contributed by atoms with Gasteiger partial charge in [0.25, 0.3) is 31.9 Å². The minimum Gasteiger partial charge on any atom is -0.496 e. The summed E-state index contributed by atoms with van der Waals surface area (Å²) >= 11 is 5.96. The smallest absolute Gasteiger partial charge is 0.328 e. The molecule has 6 N–H and O–H groups in total. The van der Waals surface area contributed by atoms with E-state index in [0.29, 0.717) is 42.3 Å². The largest absolute Gasteiger partial charge is 0.496 e. The Kier molecular flexibility index (Phi) is 18.3. The number of aromatic nitrogens is 2. The van der Waals surface area contributed by atoms with Crippen LogP contribution in [-0.2, 0) is 32.9 Å². The maximum absolute atomic E-state index is 12.5. The van der Waals surface area contributed by atoms with Crippen molar-refractivity contribution in [3.05, 3.63) is 112 Å². The molecule has 64 heavy (non-hydrogen) atoms. The number of carbonyl (C=O) groups is 4. The van der Waals surface area contributed by atoms with Gasteiger partial charge in [-0.3, -0.25) is 14.6 Å². The van der Waals surface area contributed by atoms with E-state index in [1.165, 1.54) is 49.8 Å². The van der Waals surface area contributed by atoms with E-state index in [9.17, 15) is 36.0 Å². The molecule has 0 unspecified atom stereocenters. The lowest BCUT2D eigenvalue weighted by molar-refractivity contribution is 0.0941. The monoisotopic (exact) mass is 938 g/mol. The van der Waals surface area contributed by atoms with Crippen molar-refractivity contribution in [1.29, 1.82) is 0 Å². The summed E-state index contributed by atoms with van der Waals surface area (Å²) in [5.74, 6) is -0.215. The maximum Gasteiger partial charge on any atom is 0.328 e. The van der Waals surface area contributed by atoms with Crippen LogP contribution in [0, 0.1) is 6.92 Å². The molecule has 0 spiro atoms. The van der Waals surface area contributed by atoms with Crippen LogP contribution in [0.3, 0.4) is 0 Å². The molecule has 2 saturated carbocycles. The van der Waals surface area contributed by atoms with E-state index in [1.807, 2.05) is 0 Å². The molecule has 0 radical (unpaired) electrons. The molecule has 2 aliphatic carbocycles. The highest BCUT2D eigenvalue weighted by Gasteiger charge is 2.23. The molecule has 1 aromatic heterocycles. The number of rotatable bonds is 15. The van der Waals surface area contributed by atoms with Gasteiger partial charge in [0, 0.05) is 36.4 Å². The standard InChI is InChI=1S/C23H28ClN3O5S.C21H27N5O4S/c1-32-21-12-9-17(24)15-20(21)22(28)25-14-13-16-7-10-19(11-8-16)33(30,31)27-23(29)26-18-5-3-2-4-6-18;1-15-13-24-19(14-23-15)20(27)22-12-11-16-7-9-18(10-8-16)31(29,30)26-21(28)25-17-5-3-2-4-6-17/h7-12,15,18H,2-6,13-14H2,1H3,(H,25,28)(H2,26,27,29);7-10,13-14,17H,2-6,11-12H2,1H3,(H,22,27)(H2,25,26,28). The van der Waals surface area contributed by atoms with Gasteiger partial charge in [-0.25, -0.2) is 40.9 Å². The number of ether oxygens (including phenoxy) is 1. The number of nitrogens with one attached hydrogen (secondary N) is 6. The third-order valence-electron chi connectivity index (χ3n) is 10.6. The molecule has 17 nitrogen and oxygen atoms in total. The summed E-state index contributed by atoms with van der Waals surface area (Å²) in [7, 11) is -6.44. The molecular formula is C44H55ClN8O9S2. The second-order valence-corrected chi connectivity index (χ2v) is 19.3. The number of urea groups is 2. The van der Waals surface area contributed by atoms with Gasteiger partial charge < -0.3 is 26.0 Å². The first-order valence-corrected chi connectivity index (χ1v) is 24.5. The summed E-state index contributed by atoms with van der Waals surface area (Å²) in [4.78, 5) is 56.7. The average molecular weight is 940 g/mol. The second-order valence-electron chi connectivity index (χ2n) is 15.5.